The van der Waals surface area contributed by atoms with Gasteiger partial charge in [0, 0.05) is 6.54 Å². The highest BCUT2D eigenvalue weighted by molar-refractivity contribution is 4.60. The molecule has 0 aromatic rings. The number of aliphatic hydroxyl groups excluding tert-OH is 1. The lowest BCUT2D eigenvalue weighted by Gasteiger charge is -2.14. The normalized spacial score (nSPS) is 14.6. The number of rotatable bonds is 3. The maximum Gasteiger partial charge on any atom is 0.0668 e. The first-order chi connectivity index (χ1) is 3.66. The minimum atomic E-state index is -0.444. The minimum absolute atomic E-state index is 0.444. The third-order valence-corrected chi connectivity index (χ3v) is 1.06. The summed E-state index contributed by atoms with van der Waals surface area (Å²) in [4.78, 5) is 2.01. The highest BCUT2D eigenvalue weighted by atomic mass is 16.3. The van der Waals surface area contributed by atoms with Crippen molar-refractivity contribution in [1.82, 2.24) is 4.90 Å². The molecule has 2 heteroatoms. The van der Waals surface area contributed by atoms with E-state index in [1.54, 1.807) is 0 Å². The van der Waals surface area contributed by atoms with Gasteiger partial charge in [0.05, 0.1) is 6.10 Å². The molecule has 8 heavy (non-hydrogen) atoms. The predicted molar refractivity (Wildman–Crippen MR) is 34.5 cm³/mol. The monoisotopic (exact) mass is 116 g/mol. The Morgan fingerprint density at radius 1 is 1.75 bits per heavy atom. The standard InChI is InChI=1S/C6H14NO/c1-4-7(3)5-6(2)8/h6,8H,2,4-5H2,1,3H3. The summed E-state index contributed by atoms with van der Waals surface area (Å²) in [6.45, 7) is 7.11. The van der Waals surface area contributed by atoms with Crippen molar-refractivity contribution in [2.45, 2.75) is 13.0 Å². The van der Waals surface area contributed by atoms with E-state index in [0.717, 1.165) is 6.54 Å². The second kappa shape index (κ2) is 3.87. The number of nitrogens with zero attached hydrogens (tertiary/aromatic N) is 1. The van der Waals surface area contributed by atoms with Gasteiger partial charge in [0.1, 0.15) is 0 Å². The van der Waals surface area contributed by atoms with Crippen LogP contribution in [0.2, 0.25) is 0 Å². The third-order valence-electron chi connectivity index (χ3n) is 1.06. The van der Waals surface area contributed by atoms with Gasteiger partial charge in [0.15, 0.2) is 0 Å². The Kier molecular flexibility index (Phi) is 3.83. The summed E-state index contributed by atoms with van der Waals surface area (Å²) in [5, 5.41) is 8.70. The summed E-state index contributed by atoms with van der Waals surface area (Å²) < 4.78 is 0. The zero-order valence-electron chi connectivity index (χ0n) is 5.59. The SMILES string of the molecule is [CH2]C(O)CN(C)CC. The fraction of sp³-hybridized carbons (Fsp3) is 0.833. The topological polar surface area (TPSA) is 23.5 Å². The van der Waals surface area contributed by atoms with E-state index in [9.17, 15) is 0 Å². The van der Waals surface area contributed by atoms with Gasteiger partial charge < -0.3 is 10.0 Å². The molecule has 0 rings (SSSR count). The van der Waals surface area contributed by atoms with Gasteiger partial charge in [0.2, 0.25) is 0 Å². The van der Waals surface area contributed by atoms with E-state index in [-0.39, 0.29) is 0 Å². The van der Waals surface area contributed by atoms with Crippen LogP contribution in [0.5, 0.6) is 0 Å². The quantitative estimate of drug-likeness (QED) is 0.566. The molecule has 0 aromatic heterocycles. The maximum atomic E-state index is 8.70. The van der Waals surface area contributed by atoms with Crippen molar-refractivity contribution >= 4 is 0 Å². The Morgan fingerprint density at radius 3 is 2.38 bits per heavy atom. The van der Waals surface area contributed by atoms with Gasteiger partial charge >= 0.3 is 0 Å². The molecule has 1 N–H and O–H groups in total. The molecule has 0 spiro atoms. The van der Waals surface area contributed by atoms with E-state index in [2.05, 4.69) is 6.92 Å². The highest BCUT2D eigenvalue weighted by Crippen LogP contribution is 1.84. The van der Waals surface area contributed by atoms with Crippen LogP contribution in [0, 0.1) is 6.92 Å². The molecule has 0 heterocycles. The first-order valence-corrected chi connectivity index (χ1v) is 2.86. The molecule has 0 aromatic carbocycles. The number of hydrogen-bond acceptors (Lipinski definition) is 2. The molecule has 49 valence electrons. The van der Waals surface area contributed by atoms with Crippen LogP contribution >= 0.6 is 0 Å². The first kappa shape index (κ1) is 7.92. The Labute approximate surface area is 51.1 Å². The maximum absolute atomic E-state index is 8.70. The van der Waals surface area contributed by atoms with Crippen molar-refractivity contribution in [2.75, 3.05) is 20.1 Å². The molecule has 0 saturated heterocycles. The van der Waals surface area contributed by atoms with E-state index in [4.69, 9.17) is 5.11 Å². The van der Waals surface area contributed by atoms with Gasteiger partial charge in [-0.05, 0) is 20.5 Å². The van der Waals surface area contributed by atoms with Crippen LogP contribution in [0.3, 0.4) is 0 Å². The van der Waals surface area contributed by atoms with E-state index in [1.807, 2.05) is 18.9 Å². The average molecular weight is 116 g/mol. The van der Waals surface area contributed by atoms with Crippen molar-refractivity contribution in [2.24, 2.45) is 0 Å². The summed E-state index contributed by atoms with van der Waals surface area (Å²) in [5.74, 6) is 0. The molecule has 0 aliphatic rings. The molecule has 0 aliphatic carbocycles. The number of hydrogen-bond donors (Lipinski definition) is 1. The molecule has 0 fully saturated rings. The van der Waals surface area contributed by atoms with E-state index in [1.165, 1.54) is 0 Å². The summed E-state index contributed by atoms with van der Waals surface area (Å²) in [6.07, 6.45) is -0.444. The van der Waals surface area contributed by atoms with Gasteiger partial charge in [-0.25, -0.2) is 0 Å². The smallest absolute Gasteiger partial charge is 0.0668 e. The van der Waals surface area contributed by atoms with Crippen molar-refractivity contribution in [3.63, 3.8) is 0 Å². The molecule has 1 atom stereocenters. The van der Waals surface area contributed by atoms with Gasteiger partial charge in [-0.1, -0.05) is 6.92 Å². The molecule has 0 bridgehead atoms. The van der Waals surface area contributed by atoms with Gasteiger partial charge in [-0.3, -0.25) is 0 Å². The summed E-state index contributed by atoms with van der Waals surface area (Å²) in [5.41, 5.74) is 0. The largest absolute Gasteiger partial charge is 0.392 e. The van der Waals surface area contributed by atoms with E-state index >= 15 is 0 Å². The Bertz CT molecular complexity index is 54.5. The molecule has 0 aliphatic heterocycles. The van der Waals surface area contributed by atoms with Crippen LogP contribution in [0.4, 0.5) is 0 Å². The lowest BCUT2D eigenvalue weighted by molar-refractivity contribution is 0.165. The van der Waals surface area contributed by atoms with Crippen molar-refractivity contribution in [3.8, 4) is 0 Å². The van der Waals surface area contributed by atoms with Crippen LogP contribution in [0.15, 0.2) is 0 Å². The predicted octanol–water partition coefficient (Wildman–Crippen LogP) is 0.133. The summed E-state index contributed by atoms with van der Waals surface area (Å²) in [7, 11) is 1.95. The van der Waals surface area contributed by atoms with Crippen LogP contribution in [0.25, 0.3) is 0 Å². The Balaban J connectivity index is 3.10. The molecular weight excluding hydrogens is 102 g/mol. The Morgan fingerprint density at radius 2 is 2.25 bits per heavy atom. The second-order valence-corrected chi connectivity index (χ2v) is 2.01. The molecular formula is C6H14NO. The minimum Gasteiger partial charge on any atom is -0.392 e. The van der Waals surface area contributed by atoms with Crippen LogP contribution in [0.1, 0.15) is 6.92 Å². The molecule has 2 nitrogen and oxygen atoms in total. The van der Waals surface area contributed by atoms with Gasteiger partial charge in [0.25, 0.3) is 0 Å². The lowest BCUT2D eigenvalue weighted by atomic mass is 10.4. The van der Waals surface area contributed by atoms with E-state index in [0.29, 0.717) is 6.54 Å². The summed E-state index contributed by atoms with van der Waals surface area (Å²) in [6, 6.07) is 0. The molecule has 1 unspecified atom stereocenters. The molecule has 0 saturated carbocycles. The lowest BCUT2D eigenvalue weighted by Crippen LogP contribution is -2.26. The number of aliphatic hydroxyl groups is 1. The highest BCUT2D eigenvalue weighted by Gasteiger charge is 1.97. The van der Waals surface area contributed by atoms with E-state index < -0.39 is 6.10 Å². The summed E-state index contributed by atoms with van der Waals surface area (Å²) >= 11 is 0. The van der Waals surface area contributed by atoms with Gasteiger partial charge in [-0.15, -0.1) is 0 Å². The Hall–Kier alpha value is -0.0800. The molecule has 1 radical (unpaired) electrons. The van der Waals surface area contributed by atoms with Gasteiger partial charge in [-0.2, -0.15) is 0 Å². The van der Waals surface area contributed by atoms with Crippen LogP contribution in [-0.4, -0.2) is 36.2 Å². The van der Waals surface area contributed by atoms with Crippen molar-refractivity contribution in [1.29, 1.82) is 0 Å². The number of likely N-dealkylation sites (N-methyl/N-ethyl adjacent to an activating group) is 1. The zero-order valence-corrected chi connectivity index (χ0v) is 5.59. The third kappa shape index (κ3) is 4.09. The first-order valence-electron chi connectivity index (χ1n) is 2.86. The zero-order chi connectivity index (χ0) is 6.57. The fourth-order valence-electron chi connectivity index (χ4n) is 0.489. The van der Waals surface area contributed by atoms with Crippen molar-refractivity contribution < 1.29 is 5.11 Å². The second-order valence-electron chi connectivity index (χ2n) is 2.01. The fourth-order valence-corrected chi connectivity index (χ4v) is 0.489. The van der Waals surface area contributed by atoms with Crippen LogP contribution in [-0.2, 0) is 0 Å². The molecule has 0 amide bonds. The average Bonchev–Trinajstić information content (AvgIpc) is 1.65. The van der Waals surface area contributed by atoms with Crippen LogP contribution < -0.4 is 0 Å². The van der Waals surface area contributed by atoms with Crippen molar-refractivity contribution in [3.05, 3.63) is 6.92 Å².